The van der Waals surface area contributed by atoms with Gasteiger partial charge in [-0.25, -0.2) is 0 Å². The molecule has 1 atom stereocenters. The van der Waals surface area contributed by atoms with Crippen LogP contribution < -0.4 is 5.32 Å². The van der Waals surface area contributed by atoms with Crippen LogP contribution >= 0.6 is 0 Å². The molecule has 0 aromatic heterocycles. The number of ether oxygens (including phenoxy) is 2. The highest BCUT2D eigenvalue weighted by Crippen LogP contribution is 1.93. The summed E-state index contributed by atoms with van der Waals surface area (Å²) in [4.78, 5) is 0. The predicted octanol–water partition coefficient (Wildman–Crippen LogP) is 0.400. The van der Waals surface area contributed by atoms with Crippen LogP contribution in [0.5, 0.6) is 0 Å². The molecule has 86 valence electrons. The molecule has 0 aliphatic rings. The molecule has 4 nitrogen and oxygen atoms in total. The SMILES string of the molecule is CCCNC(CCO)COCCOC. The molecular formula is C10H23NO3. The van der Waals surface area contributed by atoms with Crippen LogP contribution in [-0.4, -0.2) is 51.2 Å². The van der Waals surface area contributed by atoms with E-state index >= 15 is 0 Å². The molecule has 0 saturated heterocycles. The van der Waals surface area contributed by atoms with Crippen LogP contribution in [0.15, 0.2) is 0 Å². The van der Waals surface area contributed by atoms with Crippen LogP contribution in [0.25, 0.3) is 0 Å². The lowest BCUT2D eigenvalue weighted by Crippen LogP contribution is -2.35. The summed E-state index contributed by atoms with van der Waals surface area (Å²) in [7, 11) is 1.66. The molecule has 0 fully saturated rings. The number of rotatable bonds is 10. The number of aliphatic hydroxyl groups is 1. The molecule has 0 saturated carbocycles. The summed E-state index contributed by atoms with van der Waals surface area (Å²) in [6, 6.07) is 0.261. The summed E-state index contributed by atoms with van der Waals surface area (Å²) in [6.45, 7) is 5.18. The largest absolute Gasteiger partial charge is 0.396 e. The Kier molecular flexibility index (Phi) is 10.8. The summed E-state index contributed by atoms with van der Waals surface area (Å²) >= 11 is 0. The van der Waals surface area contributed by atoms with Crippen LogP contribution in [0, 0.1) is 0 Å². The van der Waals surface area contributed by atoms with Crippen LogP contribution in [0.1, 0.15) is 19.8 Å². The van der Waals surface area contributed by atoms with Gasteiger partial charge in [0.05, 0.1) is 19.8 Å². The van der Waals surface area contributed by atoms with E-state index < -0.39 is 0 Å². The third kappa shape index (κ3) is 8.44. The van der Waals surface area contributed by atoms with E-state index in [0.717, 1.165) is 19.4 Å². The van der Waals surface area contributed by atoms with E-state index in [-0.39, 0.29) is 12.6 Å². The normalized spacial score (nSPS) is 13.1. The van der Waals surface area contributed by atoms with Gasteiger partial charge in [0.2, 0.25) is 0 Å². The van der Waals surface area contributed by atoms with Crippen molar-refractivity contribution >= 4 is 0 Å². The number of methoxy groups -OCH3 is 1. The Labute approximate surface area is 86.6 Å². The van der Waals surface area contributed by atoms with E-state index in [1.165, 1.54) is 0 Å². The molecule has 0 aliphatic carbocycles. The van der Waals surface area contributed by atoms with E-state index in [1.807, 2.05) is 0 Å². The average molecular weight is 205 g/mol. The minimum atomic E-state index is 0.203. The van der Waals surface area contributed by atoms with Crippen LogP contribution in [0.2, 0.25) is 0 Å². The number of aliphatic hydroxyl groups excluding tert-OH is 1. The van der Waals surface area contributed by atoms with Crippen molar-refractivity contribution in [3.8, 4) is 0 Å². The molecule has 1 unspecified atom stereocenters. The van der Waals surface area contributed by atoms with Gasteiger partial charge in [-0.05, 0) is 19.4 Å². The van der Waals surface area contributed by atoms with Gasteiger partial charge in [0.25, 0.3) is 0 Å². The molecule has 4 heteroatoms. The third-order valence-electron chi connectivity index (χ3n) is 1.91. The Morgan fingerprint density at radius 1 is 1.36 bits per heavy atom. The summed E-state index contributed by atoms with van der Waals surface area (Å²) in [5, 5.41) is 12.1. The number of nitrogens with one attached hydrogen (secondary N) is 1. The fraction of sp³-hybridized carbons (Fsp3) is 1.00. The van der Waals surface area contributed by atoms with Crippen molar-refractivity contribution in [2.45, 2.75) is 25.8 Å². The van der Waals surface area contributed by atoms with Gasteiger partial charge in [0.1, 0.15) is 0 Å². The fourth-order valence-corrected chi connectivity index (χ4v) is 1.12. The Morgan fingerprint density at radius 2 is 2.14 bits per heavy atom. The van der Waals surface area contributed by atoms with Crippen molar-refractivity contribution in [1.82, 2.24) is 5.32 Å². The van der Waals surface area contributed by atoms with Crippen molar-refractivity contribution in [2.24, 2.45) is 0 Å². The van der Waals surface area contributed by atoms with Gasteiger partial charge in [-0.15, -0.1) is 0 Å². The summed E-state index contributed by atoms with van der Waals surface area (Å²) < 4.78 is 10.3. The molecule has 0 aromatic rings. The van der Waals surface area contributed by atoms with Gasteiger partial charge in [-0.2, -0.15) is 0 Å². The first-order valence-electron chi connectivity index (χ1n) is 5.26. The smallest absolute Gasteiger partial charge is 0.0701 e. The topological polar surface area (TPSA) is 50.7 Å². The van der Waals surface area contributed by atoms with Gasteiger partial charge in [0, 0.05) is 19.8 Å². The predicted molar refractivity (Wildman–Crippen MR) is 56.5 cm³/mol. The second-order valence-electron chi connectivity index (χ2n) is 3.23. The van der Waals surface area contributed by atoms with Crippen molar-refractivity contribution in [2.75, 3.05) is 40.1 Å². The highest BCUT2D eigenvalue weighted by Gasteiger charge is 2.06. The summed E-state index contributed by atoms with van der Waals surface area (Å²) in [5.41, 5.74) is 0. The molecule has 0 amide bonds. The first-order valence-corrected chi connectivity index (χ1v) is 5.26. The second kappa shape index (κ2) is 10.9. The first-order chi connectivity index (χ1) is 6.85. The first kappa shape index (κ1) is 13.8. The molecule has 0 heterocycles. The Morgan fingerprint density at radius 3 is 2.71 bits per heavy atom. The number of hydrogen-bond donors (Lipinski definition) is 2. The monoisotopic (exact) mass is 205 g/mol. The summed E-state index contributed by atoms with van der Waals surface area (Å²) in [6.07, 6.45) is 1.84. The molecule has 0 radical (unpaired) electrons. The Bertz CT molecular complexity index is 112. The maximum atomic E-state index is 8.82. The lowest BCUT2D eigenvalue weighted by atomic mass is 10.2. The van der Waals surface area contributed by atoms with Gasteiger partial charge >= 0.3 is 0 Å². The molecule has 2 N–H and O–H groups in total. The van der Waals surface area contributed by atoms with Gasteiger partial charge in [-0.3, -0.25) is 0 Å². The van der Waals surface area contributed by atoms with E-state index in [0.29, 0.717) is 19.8 Å². The Balaban J connectivity index is 3.40. The zero-order chi connectivity index (χ0) is 10.6. The minimum absolute atomic E-state index is 0.203. The quantitative estimate of drug-likeness (QED) is 0.507. The van der Waals surface area contributed by atoms with Crippen molar-refractivity contribution < 1.29 is 14.6 Å². The van der Waals surface area contributed by atoms with Crippen LogP contribution in [0.4, 0.5) is 0 Å². The number of hydrogen-bond acceptors (Lipinski definition) is 4. The van der Waals surface area contributed by atoms with E-state index in [1.54, 1.807) is 7.11 Å². The van der Waals surface area contributed by atoms with Crippen molar-refractivity contribution in [1.29, 1.82) is 0 Å². The molecule has 0 spiro atoms. The molecule has 0 aromatic carbocycles. The minimum Gasteiger partial charge on any atom is -0.396 e. The maximum Gasteiger partial charge on any atom is 0.0701 e. The summed E-state index contributed by atoms with van der Waals surface area (Å²) in [5.74, 6) is 0. The van der Waals surface area contributed by atoms with Gasteiger partial charge in [0.15, 0.2) is 0 Å². The molecule has 0 aliphatic heterocycles. The highest BCUT2D eigenvalue weighted by molar-refractivity contribution is 4.64. The molecule has 0 bridgehead atoms. The average Bonchev–Trinajstić information content (AvgIpc) is 2.20. The fourth-order valence-electron chi connectivity index (χ4n) is 1.12. The molecule has 0 rings (SSSR count). The maximum absolute atomic E-state index is 8.82. The molecular weight excluding hydrogens is 182 g/mol. The highest BCUT2D eigenvalue weighted by atomic mass is 16.5. The Hall–Kier alpha value is -0.160. The lowest BCUT2D eigenvalue weighted by Gasteiger charge is -2.17. The van der Waals surface area contributed by atoms with Crippen LogP contribution in [-0.2, 0) is 9.47 Å². The van der Waals surface area contributed by atoms with Gasteiger partial charge < -0.3 is 19.9 Å². The van der Waals surface area contributed by atoms with E-state index in [4.69, 9.17) is 14.6 Å². The van der Waals surface area contributed by atoms with Crippen molar-refractivity contribution in [3.05, 3.63) is 0 Å². The van der Waals surface area contributed by atoms with E-state index in [9.17, 15) is 0 Å². The van der Waals surface area contributed by atoms with Crippen LogP contribution in [0.3, 0.4) is 0 Å². The lowest BCUT2D eigenvalue weighted by molar-refractivity contribution is 0.0547. The third-order valence-corrected chi connectivity index (χ3v) is 1.91. The molecule has 14 heavy (non-hydrogen) atoms. The second-order valence-corrected chi connectivity index (χ2v) is 3.23. The van der Waals surface area contributed by atoms with Gasteiger partial charge in [-0.1, -0.05) is 6.92 Å². The zero-order valence-corrected chi connectivity index (χ0v) is 9.29. The van der Waals surface area contributed by atoms with Crippen molar-refractivity contribution in [3.63, 3.8) is 0 Å². The zero-order valence-electron chi connectivity index (χ0n) is 9.29. The standard InChI is InChI=1S/C10H23NO3/c1-3-5-11-10(4-6-12)9-14-8-7-13-2/h10-12H,3-9H2,1-2H3. The van der Waals surface area contributed by atoms with E-state index in [2.05, 4.69) is 12.2 Å².